The van der Waals surface area contributed by atoms with E-state index in [-0.39, 0.29) is 35.6 Å². The smallest absolute Gasteiger partial charge is 0.317 e. The Morgan fingerprint density at radius 3 is 2.54 bits per heavy atom. The molecule has 1 saturated heterocycles. The number of piperidine rings is 1. The first kappa shape index (κ1) is 19.1. The molecule has 0 aromatic heterocycles. The van der Waals surface area contributed by atoms with E-state index in [0.29, 0.717) is 19.4 Å². The van der Waals surface area contributed by atoms with Gasteiger partial charge in [0.15, 0.2) is 0 Å². The summed E-state index contributed by atoms with van der Waals surface area (Å²) in [6.07, 6.45) is 1.10. The van der Waals surface area contributed by atoms with Crippen LogP contribution in [0.2, 0.25) is 5.02 Å². The zero-order valence-electron chi connectivity index (χ0n) is 13.3. The molecule has 24 heavy (non-hydrogen) atoms. The summed E-state index contributed by atoms with van der Waals surface area (Å²) in [5.74, 6) is -1.56. The summed E-state index contributed by atoms with van der Waals surface area (Å²) >= 11 is 5.67. The zero-order valence-corrected chi connectivity index (χ0v) is 14.9. The Kier molecular flexibility index (Phi) is 6.19. The number of nitrogens with zero attached hydrogens (tertiary/aromatic N) is 2. The third-order valence-corrected chi connectivity index (χ3v) is 6.40. The van der Waals surface area contributed by atoms with E-state index in [1.807, 2.05) is 11.8 Å². The Morgan fingerprint density at radius 2 is 2.04 bits per heavy atom. The van der Waals surface area contributed by atoms with Crippen molar-refractivity contribution in [3.8, 4) is 0 Å². The highest BCUT2D eigenvalue weighted by Crippen LogP contribution is 2.26. The van der Waals surface area contributed by atoms with Gasteiger partial charge in [0.1, 0.15) is 5.82 Å². The van der Waals surface area contributed by atoms with Crippen LogP contribution in [0.1, 0.15) is 19.8 Å². The number of hydrogen-bond donors (Lipinski definition) is 1. The number of rotatable bonds is 6. The molecule has 0 radical (unpaired) electrons. The van der Waals surface area contributed by atoms with Crippen LogP contribution in [-0.2, 0) is 14.8 Å². The Bertz CT molecular complexity index is 705. The Balaban J connectivity index is 2.07. The van der Waals surface area contributed by atoms with Crippen molar-refractivity contribution < 1.29 is 22.7 Å². The summed E-state index contributed by atoms with van der Waals surface area (Å²) in [7, 11) is -3.73. The lowest BCUT2D eigenvalue weighted by Gasteiger charge is -2.36. The minimum atomic E-state index is -3.73. The molecule has 0 aliphatic carbocycles. The van der Waals surface area contributed by atoms with Crippen LogP contribution in [0.25, 0.3) is 0 Å². The van der Waals surface area contributed by atoms with E-state index in [2.05, 4.69) is 0 Å². The van der Waals surface area contributed by atoms with Crippen molar-refractivity contribution in [2.45, 2.75) is 30.7 Å². The van der Waals surface area contributed by atoms with Gasteiger partial charge in [0.2, 0.25) is 10.0 Å². The first-order chi connectivity index (χ1) is 11.3. The van der Waals surface area contributed by atoms with Gasteiger partial charge in [0.05, 0.1) is 16.5 Å². The van der Waals surface area contributed by atoms with Crippen molar-refractivity contribution in [1.29, 1.82) is 0 Å². The minimum absolute atomic E-state index is 0.0364. The molecule has 0 unspecified atom stereocenters. The van der Waals surface area contributed by atoms with Gasteiger partial charge in [0.25, 0.3) is 0 Å². The third-order valence-electron chi connectivity index (χ3n) is 4.21. The van der Waals surface area contributed by atoms with Crippen LogP contribution in [-0.4, -0.2) is 60.9 Å². The lowest BCUT2D eigenvalue weighted by Crippen LogP contribution is -2.48. The molecule has 1 heterocycles. The first-order valence-electron chi connectivity index (χ1n) is 7.66. The molecule has 0 saturated carbocycles. The molecule has 1 N–H and O–H groups in total. The molecule has 2 rings (SSSR count). The minimum Gasteiger partial charge on any atom is -0.480 e. The van der Waals surface area contributed by atoms with Crippen LogP contribution in [0, 0.1) is 5.82 Å². The lowest BCUT2D eigenvalue weighted by molar-refractivity contribution is -0.139. The SMILES string of the molecule is CCN(CC(=O)O)C1CCN(S(=O)(=O)c2ccc(F)c(Cl)c2)CC1. The highest BCUT2D eigenvalue weighted by Gasteiger charge is 2.32. The van der Waals surface area contributed by atoms with Gasteiger partial charge in [0, 0.05) is 19.1 Å². The number of likely N-dealkylation sites (N-methyl/N-ethyl adjacent to an activating group) is 1. The van der Waals surface area contributed by atoms with E-state index in [9.17, 15) is 17.6 Å². The summed E-state index contributed by atoms with van der Waals surface area (Å²) in [6.45, 7) is 3.00. The third kappa shape index (κ3) is 4.24. The molecule has 0 bridgehead atoms. The fourth-order valence-electron chi connectivity index (χ4n) is 2.91. The normalized spacial score (nSPS) is 17.3. The number of carboxylic acids is 1. The number of carboxylic acid groups (broad SMARTS) is 1. The Labute approximate surface area is 145 Å². The van der Waals surface area contributed by atoms with E-state index in [4.69, 9.17) is 16.7 Å². The Hall–Kier alpha value is -1.22. The summed E-state index contributed by atoms with van der Waals surface area (Å²) in [4.78, 5) is 12.7. The fourth-order valence-corrected chi connectivity index (χ4v) is 4.65. The monoisotopic (exact) mass is 378 g/mol. The second-order valence-electron chi connectivity index (χ2n) is 5.67. The molecule has 134 valence electrons. The number of aliphatic carboxylic acids is 1. The number of hydrogen-bond acceptors (Lipinski definition) is 4. The number of benzene rings is 1. The van der Waals surface area contributed by atoms with Crippen LogP contribution in [0.15, 0.2) is 23.1 Å². The van der Waals surface area contributed by atoms with Gasteiger partial charge in [-0.3, -0.25) is 9.69 Å². The highest BCUT2D eigenvalue weighted by molar-refractivity contribution is 7.89. The van der Waals surface area contributed by atoms with E-state index in [1.54, 1.807) is 0 Å². The van der Waals surface area contributed by atoms with Gasteiger partial charge in [-0.15, -0.1) is 0 Å². The molecule has 1 aliphatic rings. The van der Waals surface area contributed by atoms with Crippen LogP contribution in [0.5, 0.6) is 0 Å². The lowest BCUT2D eigenvalue weighted by atomic mass is 10.0. The predicted molar refractivity (Wildman–Crippen MR) is 88.1 cm³/mol. The molecule has 1 fully saturated rings. The second-order valence-corrected chi connectivity index (χ2v) is 8.01. The topological polar surface area (TPSA) is 77.9 Å². The van der Waals surface area contributed by atoms with Gasteiger partial charge in [-0.25, -0.2) is 12.8 Å². The van der Waals surface area contributed by atoms with Crippen molar-refractivity contribution in [2.75, 3.05) is 26.2 Å². The summed E-state index contributed by atoms with van der Waals surface area (Å²) in [5.41, 5.74) is 0. The van der Waals surface area contributed by atoms with Crippen molar-refractivity contribution in [3.63, 3.8) is 0 Å². The van der Waals surface area contributed by atoms with Gasteiger partial charge in [-0.1, -0.05) is 18.5 Å². The maximum Gasteiger partial charge on any atom is 0.317 e. The molecule has 0 spiro atoms. The van der Waals surface area contributed by atoms with Crippen molar-refractivity contribution in [2.24, 2.45) is 0 Å². The predicted octanol–water partition coefficient (Wildman–Crippen LogP) is 2.04. The van der Waals surface area contributed by atoms with Gasteiger partial charge in [-0.05, 0) is 37.6 Å². The maximum absolute atomic E-state index is 13.2. The summed E-state index contributed by atoms with van der Waals surface area (Å²) in [5, 5.41) is 8.70. The molecule has 0 amide bonds. The van der Waals surface area contributed by atoms with Crippen molar-refractivity contribution in [1.82, 2.24) is 9.21 Å². The number of sulfonamides is 1. The fraction of sp³-hybridized carbons (Fsp3) is 0.533. The van der Waals surface area contributed by atoms with Crippen molar-refractivity contribution in [3.05, 3.63) is 29.0 Å². The molecule has 6 nitrogen and oxygen atoms in total. The second kappa shape index (κ2) is 7.77. The van der Waals surface area contributed by atoms with E-state index in [1.165, 1.54) is 10.4 Å². The van der Waals surface area contributed by atoms with Gasteiger partial charge in [-0.2, -0.15) is 4.31 Å². The van der Waals surface area contributed by atoms with Crippen LogP contribution >= 0.6 is 11.6 Å². The molecule has 1 aliphatic heterocycles. The molecular weight excluding hydrogens is 359 g/mol. The largest absolute Gasteiger partial charge is 0.480 e. The standard InChI is InChI=1S/C15H20ClFN2O4S/c1-2-18(10-15(20)21)11-5-7-19(8-6-11)24(22,23)12-3-4-14(17)13(16)9-12/h3-4,9,11H,2,5-8,10H2,1H3,(H,20,21). The quantitative estimate of drug-likeness (QED) is 0.819. The maximum atomic E-state index is 13.2. The summed E-state index contributed by atoms with van der Waals surface area (Å²) in [6, 6.07) is 3.38. The zero-order chi connectivity index (χ0) is 17.9. The molecule has 1 aromatic rings. The van der Waals surface area contributed by atoms with Crippen LogP contribution in [0.4, 0.5) is 4.39 Å². The summed E-state index contributed by atoms with van der Waals surface area (Å²) < 4.78 is 39.8. The van der Waals surface area contributed by atoms with E-state index in [0.717, 1.165) is 12.1 Å². The van der Waals surface area contributed by atoms with Crippen LogP contribution < -0.4 is 0 Å². The van der Waals surface area contributed by atoms with Crippen molar-refractivity contribution >= 4 is 27.6 Å². The molecule has 9 heteroatoms. The average molecular weight is 379 g/mol. The molecule has 0 atom stereocenters. The molecular formula is C15H20ClFN2O4S. The Morgan fingerprint density at radius 1 is 1.42 bits per heavy atom. The van der Waals surface area contributed by atoms with E-state index >= 15 is 0 Å². The molecule has 1 aromatic carbocycles. The van der Waals surface area contributed by atoms with Gasteiger partial charge < -0.3 is 5.11 Å². The highest BCUT2D eigenvalue weighted by atomic mass is 35.5. The van der Waals surface area contributed by atoms with Gasteiger partial charge >= 0.3 is 5.97 Å². The first-order valence-corrected chi connectivity index (χ1v) is 9.48. The van der Waals surface area contributed by atoms with E-state index < -0.39 is 21.8 Å². The average Bonchev–Trinajstić information content (AvgIpc) is 2.55. The number of carbonyl (C=O) groups is 1. The van der Waals surface area contributed by atoms with Crippen LogP contribution in [0.3, 0.4) is 0 Å². The number of halogens is 2.